The van der Waals surface area contributed by atoms with Crippen molar-refractivity contribution in [3.8, 4) is 0 Å². The summed E-state index contributed by atoms with van der Waals surface area (Å²) in [6.07, 6.45) is -0.132. The van der Waals surface area contributed by atoms with Gasteiger partial charge in [0.05, 0.1) is 36.6 Å². The van der Waals surface area contributed by atoms with Crippen molar-refractivity contribution in [3.05, 3.63) is 35.9 Å². The summed E-state index contributed by atoms with van der Waals surface area (Å²) in [7, 11) is 6.15. The van der Waals surface area contributed by atoms with E-state index < -0.39 is 77.8 Å². The van der Waals surface area contributed by atoms with E-state index in [9.17, 15) is 33.9 Å². The molecular weight excluding hydrogens is 759 g/mol. The standard InChI is InChI=1S/C44H73N5O10/c1-15-28(6)37(47(11)41(53)35(26(2)3)46-40(52)36(27(4)5)48(12)43(56)59-44(8,9)10)33(57-13)25-34(50)49-23-19-22-32(49)38(58-14)29(7)39(51)45-31(42(54)55)24-30-20-17-16-18-21-30/h16-18,20-21,26-29,31-33,35-38H,15,19,22-25H2,1-14H3,(H,45,51)(H,46,52)(H,54,55)/t28-,29+,31-,32-,33+,35-,36?,37-,38+/m0/s1. The van der Waals surface area contributed by atoms with E-state index in [1.165, 1.54) is 26.2 Å². The number of carboxylic acid groups (broad SMARTS) is 1. The van der Waals surface area contributed by atoms with Crippen LogP contribution in [0, 0.1) is 23.7 Å². The number of carbonyl (C=O) groups is 6. The molecule has 1 aromatic carbocycles. The molecule has 9 atom stereocenters. The number of hydrogen-bond donors (Lipinski definition) is 3. The maximum absolute atomic E-state index is 14.4. The lowest BCUT2D eigenvalue weighted by atomic mass is 9.89. The summed E-state index contributed by atoms with van der Waals surface area (Å²) in [6, 6.07) is 5.02. The Balaban J connectivity index is 2.30. The number of likely N-dealkylation sites (tertiary alicyclic amines) is 1. The molecule has 15 heteroatoms. The number of nitrogens with one attached hydrogen (secondary N) is 2. The van der Waals surface area contributed by atoms with E-state index in [0.717, 1.165) is 5.56 Å². The first kappa shape index (κ1) is 50.9. The quantitative estimate of drug-likeness (QED) is 0.156. The second-order valence-corrected chi connectivity index (χ2v) is 17.7. The molecule has 1 aliphatic rings. The van der Waals surface area contributed by atoms with E-state index in [0.29, 0.717) is 25.8 Å². The predicted molar refractivity (Wildman–Crippen MR) is 225 cm³/mol. The third-order valence-corrected chi connectivity index (χ3v) is 11.4. The molecule has 334 valence electrons. The molecule has 1 saturated heterocycles. The smallest absolute Gasteiger partial charge is 0.410 e. The largest absolute Gasteiger partial charge is 0.480 e. The van der Waals surface area contributed by atoms with Crippen LogP contribution < -0.4 is 10.6 Å². The Morgan fingerprint density at radius 1 is 0.881 bits per heavy atom. The molecule has 0 saturated carbocycles. The van der Waals surface area contributed by atoms with Gasteiger partial charge in [0.1, 0.15) is 23.7 Å². The van der Waals surface area contributed by atoms with E-state index in [-0.39, 0.29) is 42.4 Å². The molecule has 2 rings (SSSR count). The van der Waals surface area contributed by atoms with Crippen LogP contribution in [0.25, 0.3) is 0 Å². The summed E-state index contributed by atoms with van der Waals surface area (Å²) >= 11 is 0. The van der Waals surface area contributed by atoms with Crippen LogP contribution in [0.3, 0.4) is 0 Å². The zero-order valence-electron chi connectivity index (χ0n) is 37.9. The molecular formula is C44H73N5O10. The number of carbonyl (C=O) groups excluding carboxylic acids is 5. The lowest BCUT2D eigenvalue weighted by Gasteiger charge is -2.41. The van der Waals surface area contributed by atoms with E-state index in [1.807, 2.05) is 59.7 Å². The first-order valence-electron chi connectivity index (χ1n) is 21.0. The molecule has 0 aromatic heterocycles. The number of nitrogens with zero attached hydrogens (tertiary/aromatic N) is 3. The van der Waals surface area contributed by atoms with Gasteiger partial charge in [-0.15, -0.1) is 0 Å². The molecule has 1 heterocycles. The topological polar surface area (TPSA) is 184 Å². The third kappa shape index (κ3) is 14.2. The van der Waals surface area contributed by atoms with E-state index in [4.69, 9.17) is 14.2 Å². The Morgan fingerprint density at radius 2 is 1.49 bits per heavy atom. The van der Waals surface area contributed by atoms with Crippen LogP contribution in [-0.4, -0.2) is 138 Å². The average Bonchev–Trinajstić information content (AvgIpc) is 3.65. The molecule has 3 N–H and O–H groups in total. The lowest BCUT2D eigenvalue weighted by molar-refractivity contribution is -0.148. The molecule has 1 aromatic rings. The number of methoxy groups -OCH3 is 2. The Morgan fingerprint density at radius 3 is 1.98 bits per heavy atom. The minimum atomic E-state index is -1.15. The summed E-state index contributed by atoms with van der Waals surface area (Å²) < 4.78 is 17.4. The summed E-state index contributed by atoms with van der Waals surface area (Å²) in [5, 5.41) is 15.5. The number of rotatable bonds is 21. The van der Waals surface area contributed by atoms with Crippen molar-refractivity contribution in [2.24, 2.45) is 23.7 Å². The predicted octanol–water partition coefficient (Wildman–Crippen LogP) is 4.75. The fourth-order valence-electron chi connectivity index (χ4n) is 8.00. The normalized spacial score (nSPS) is 18.5. The Kier molecular flexibility index (Phi) is 19.8. The van der Waals surface area contributed by atoms with Crippen LogP contribution in [0.15, 0.2) is 30.3 Å². The summed E-state index contributed by atoms with van der Waals surface area (Å²) in [4.78, 5) is 85.7. The second kappa shape index (κ2) is 22.9. The first-order chi connectivity index (χ1) is 27.5. The Bertz CT molecular complexity index is 1550. The van der Waals surface area contributed by atoms with Gasteiger partial charge in [-0.25, -0.2) is 9.59 Å². The highest BCUT2D eigenvalue weighted by atomic mass is 16.6. The summed E-state index contributed by atoms with van der Waals surface area (Å²) in [5.41, 5.74) is 0.00542. The molecule has 1 aliphatic heterocycles. The number of amides is 5. The second-order valence-electron chi connectivity index (χ2n) is 17.7. The molecule has 0 bridgehead atoms. The maximum Gasteiger partial charge on any atom is 0.410 e. The minimum Gasteiger partial charge on any atom is -0.480 e. The minimum absolute atomic E-state index is 0.0659. The Hall–Kier alpha value is -4.24. The molecule has 1 unspecified atom stereocenters. The van der Waals surface area contributed by atoms with E-state index in [2.05, 4.69) is 10.6 Å². The van der Waals surface area contributed by atoms with Gasteiger partial charge in [0.2, 0.25) is 23.6 Å². The highest BCUT2D eigenvalue weighted by Gasteiger charge is 2.44. The van der Waals surface area contributed by atoms with Gasteiger partial charge < -0.3 is 39.8 Å². The van der Waals surface area contributed by atoms with E-state index in [1.54, 1.807) is 56.7 Å². The number of benzene rings is 1. The van der Waals surface area contributed by atoms with Crippen LogP contribution in [0.4, 0.5) is 4.79 Å². The summed E-state index contributed by atoms with van der Waals surface area (Å²) in [5.74, 6) is -4.24. The first-order valence-corrected chi connectivity index (χ1v) is 21.0. The highest BCUT2D eigenvalue weighted by molar-refractivity contribution is 5.92. The number of hydrogen-bond acceptors (Lipinski definition) is 9. The van der Waals surface area contributed by atoms with Crippen LogP contribution in [0.5, 0.6) is 0 Å². The third-order valence-electron chi connectivity index (χ3n) is 11.4. The van der Waals surface area contributed by atoms with Crippen molar-refractivity contribution >= 4 is 35.7 Å². The fraction of sp³-hybridized carbons (Fsp3) is 0.727. The van der Waals surface area contributed by atoms with Crippen molar-refractivity contribution in [3.63, 3.8) is 0 Å². The Labute approximate surface area is 352 Å². The van der Waals surface area contributed by atoms with Crippen molar-refractivity contribution in [2.45, 2.75) is 149 Å². The summed E-state index contributed by atoms with van der Waals surface area (Å²) in [6.45, 7) is 18.6. The molecule has 0 aliphatic carbocycles. The van der Waals surface area contributed by atoms with Crippen molar-refractivity contribution in [1.29, 1.82) is 0 Å². The van der Waals surface area contributed by atoms with Gasteiger partial charge in [0.15, 0.2) is 0 Å². The molecule has 5 amide bonds. The van der Waals surface area contributed by atoms with Crippen molar-refractivity contribution < 1.29 is 48.1 Å². The van der Waals surface area contributed by atoms with Crippen molar-refractivity contribution in [2.75, 3.05) is 34.9 Å². The zero-order chi connectivity index (χ0) is 44.9. The van der Waals surface area contributed by atoms with Gasteiger partial charge in [-0.05, 0) is 56.9 Å². The number of likely N-dealkylation sites (N-methyl/N-ethyl adjacent to an activating group) is 2. The van der Waals surface area contributed by atoms with Gasteiger partial charge in [-0.2, -0.15) is 0 Å². The van der Waals surface area contributed by atoms with E-state index >= 15 is 0 Å². The molecule has 59 heavy (non-hydrogen) atoms. The maximum atomic E-state index is 14.4. The number of aliphatic carboxylic acids is 1. The monoisotopic (exact) mass is 832 g/mol. The fourth-order valence-corrected chi connectivity index (χ4v) is 8.00. The van der Waals surface area contributed by atoms with Gasteiger partial charge in [-0.1, -0.05) is 85.2 Å². The molecule has 1 fully saturated rings. The SMILES string of the molecule is CC[C@H](C)[C@@H]([C@@H](CC(=O)N1CCC[C@H]1[C@H](OC)[C@@H](C)C(=O)N[C@@H](Cc1ccccc1)C(=O)O)OC)N(C)C(=O)[C@@H](NC(=O)C(C(C)C)N(C)C(=O)OC(C)(C)C)C(C)C. The van der Waals surface area contributed by atoms with Crippen LogP contribution in [0.1, 0.15) is 100 Å². The van der Waals surface area contributed by atoms with Gasteiger partial charge >= 0.3 is 12.1 Å². The van der Waals surface area contributed by atoms with Crippen LogP contribution in [0.2, 0.25) is 0 Å². The van der Waals surface area contributed by atoms with Gasteiger partial charge in [0, 0.05) is 41.3 Å². The van der Waals surface area contributed by atoms with Gasteiger partial charge in [-0.3, -0.25) is 24.1 Å². The highest BCUT2D eigenvalue weighted by Crippen LogP contribution is 2.30. The van der Waals surface area contributed by atoms with Crippen LogP contribution >= 0.6 is 0 Å². The average molecular weight is 832 g/mol. The van der Waals surface area contributed by atoms with Crippen LogP contribution in [-0.2, 0) is 44.6 Å². The zero-order valence-corrected chi connectivity index (χ0v) is 37.9. The number of carboxylic acids is 1. The van der Waals surface area contributed by atoms with Crippen molar-refractivity contribution in [1.82, 2.24) is 25.3 Å². The van der Waals surface area contributed by atoms with Gasteiger partial charge in [0.25, 0.3) is 0 Å². The lowest BCUT2D eigenvalue weighted by Crippen LogP contribution is -2.60. The molecule has 0 radical (unpaired) electrons. The number of ether oxygens (including phenoxy) is 3. The molecule has 0 spiro atoms. The molecule has 15 nitrogen and oxygen atoms in total.